The molecule has 2 aromatic rings. The number of carboxylic acid groups (broad SMARTS) is 1. The van der Waals surface area contributed by atoms with Crippen molar-refractivity contribution in [2.24, 2.45) is 0 Å². The molecule has 2 rings (SSSR count). The van der Waals surface area contributed by atoms with Crippen molar-refractivity contribution in [1.82, 2.24) is 9.97 Å². The maximum atomic E-state index is 10.7. The van der Waals surface area contributed by atoms with Crippen molar-refractivity contribution >= 4 is 17.5 Å². The van der Waals surface area contributed by atoms with E-state index in [1.54, 1.807) is 0 Å². The van der Waals surface area contributed by atoms with E-state index in [1.807, 2.05) is 30.3 Å². The van der Waals surface area contributed by atoms with Crippen LogP contribution in [0.5, 0.6) is 0 Å². The van der Waals surface area contributed by atoms with Gasteiger partial charge in [-0.2, -0.15) is 0 Å². The highest BCUT2D eigenvalue weighted by Gasteiger charge is 2.05. The third-order valence-corrected chi connectivity index (χ3v) is 1.93. The van der Waals surface area contributed by atoms with Crippen molar-refractivity contribution in [3.63, 3.8) is 0 Å². The lowest BCUT2D eigenvalue weighted by Crippen LogP contribution is -2.02. The van der Waals surface area contributed by atoms with E-state index >= 15 is 0 Å². The smallest absolute Gasteiger partial charge is 0.354 e. The van der Waals surface area contributed by atoms with Gasteiger partial charge in [0.25, 0.3) is 0 Å². The molecule has 1 aromatic carbocycles. The Morgan fingerprint density at radius 1 is 1.19 bits per heavy atom. The number of nitrogens with zero attached hydrogens (tertiary/aromatic N) is 2. The maximum absolute atomic E-state index is 10.7. The van der Waals surface area contributed by atoms with Crippen molar-refractivity contribution in [1.29, 1.82) is 0 Å². The molecule has 80 valence electrons. The summed E-state index contributed by atoms with van der Waals surface area (Å²) in [7, 11) is 0. The Balaban J connectivity index is 2.22. The Bertz CT molecular complexity index is 500. The number of nitrogens with one attached hydrogen (secondary N) is 1. The van der Waals surface area contributed by atoms with Crippen molar-refractivity contribution in [2.75, 3.05) is 5.32 Å². The van der Waals surface area contributed by atoms with Gasteiger partial charge >= 0.3 is 5.97 Å². The molecule has 1 heterocycles. The number of carboxylic acids is 1. The molecule has 0 saturated heterocycles. The molecule has 0 aliphatic heterocycles. The summed E-state index contributed by atoms with van der Waals surface area (Å²) >= 11 is 0. The molecule has 2 N–H and O–H groups in total. The second kappa shape index (κ2) is 4.39. The third-order valence-electron chi connectivity index (χ3n) is 1.93. The van der Waals surface area contributed by atoms with Crippen LogP contribution in [0.3, 0.4) is 0 Å². The summed E-state index contributed by atoms with van der Waals surface area (Å²) in [6.07, 6.45) is 1.22. The van der Waals surface area contributed by atoms with Gasteiger partial charge < -0.3 is 10.4 Å². The number of rotatable bonds is 3. The number of benzene rings is 1. The van der Waals surface area contributed by atoms with Gasteiger partial charge in [0.05, 0.1) is 0 Å². The van der Waals surface area contributed by atoms with Gasteiger partial charge in [0.15, 0.2) is 5.69 Å². The number of anilines is 2. The molecule has 0 saturated carbocycles. The summed E-state index contributed by atoms with van der Waals surface area (Å²) in [6.45, 7) is 0. The highest BCUT2D eigenvalue weighted by molar-refractivity contribution is 5.86. The molecule has 1 aromatic heterocycles. The van der Waals surface area contributed by atoms with Gasteiger partial charge in [-0.3, -0.25) is 0 Å². The van der Waals surface area contributed by atoms with E-state index in [2.05, 4.69) is 15.3 Å². The van der Waals surface area contributed by atoms with Crippen LogP contribution in [0.15, 0.2) is 42.7 Å². The van der Waals surface area contributed by atoms with E-state index in [0.29, 0.717) is 5.82 Å². The van der Waals surface area contributed by atoms with E-state index in [0.717, 1.165) is 5.69 Å². The lowest BCUT2D eigenvalue weighted by atomic mass is 10.3. The summed E-state index contributed by atoms with van der Waals surface area (Å²) in [5.74, 6) is -0.614. The first-order valence-electron chi connectivity index (χ1n) is 4.63. The zero-order chi connectivity index (χ0) is 11.4. The SMILES string of the molecule is O=C(O)c1cc(Nc2ccccc2)ncn1. The molecule has 0 aliphatic rings. The average molecular weight is 215 g/mol. The van der Waals surface area contributed by atoms with Crippen LogP contribution in [0, 0.1) is 0 Å². The number of para-hydroxylation sites is 1. The summed E-state index contributed by atoms with van der Waals surface area (Å²) < 4.78 is 0. The zero-order valence-corrected chi connectivity index (χ0v) is 8.29. The summed E-state index contributed by atoms with van der Waals surface area (Å²) in [5, 5.41) is 11.7. The highest BCUT2D eigenvalue weighted by atomic mass is 16.4. The van der Waals surface area contributed by atoms with E-state index in [1.165, 1.54) is 12.4 Å². The first-order valence-corrected chi connectivity index (χ1v) is 4.63. The highest BCUT2D eigenvalue weighted by Crippen LogP contribution is 2.13. The van der Waals surface area contributed by atoms with Crippen LogP contribution in [-0.2, 0) is 0 Å². The minimum atomic E-state index is -1.07. The maximum Gasteiger partial charge on any atom is 0.354 e. The van der Waals surface area contributed by atoms with Crippen molar-refractivity contribution in [2.45, 2.75) is 0 Å². The summed E-state index contributed by atoms with van der Waals surface area (Å²) in [6, 6.07) is 10.8. The first-order chi connectivity index (χ1) is 7.75. The predicted molar refractivity (Wildman–Crippen MR) is 58.7 cm³/mol. The predicted octanol–water partition coefficient (Wildman–Crippen LogP) is 1.92. The Morgan fingerprint density at radius 2 is 1.94 bits per heavy atom. The second-order valence-electron chi connectivity index (χ2n) is 3.08. The molecule has 0 bridgehead atoms. The number of aromatic nitrogens is 2. The molecule has 0 amide bonds. The Kier molecular flexibility index (Phi) is 2.77. The lowest BCUT2D eigenvalue weighted by molar-refractivity contribution is 0.0690. The normalized spacial score (nSPS) is 9.75. The Hall–Kier alpha value is -2.43. The van der Waals surface area contributed by atoms with Gasteiger partial charge in [-0.1, -0.05) is 18.2 Å². The Labute approximate surface area is 91.8 Å². The summed E-state index contributed by atoms with van der Waals surface area (Å²) in [5.41, 5.74) is 0.811. The van der Waals surface area contributed by atoms with Gasteiger partial charge in [-0.15, -0.1) is 0 Å². The second-order valence-corrected chi connectivity index (χ2v) is 3.08. The van der Waals surface area contributed by atoms with E-state index in [4.69, 9.17) is 5.11 Å². The van der Waals surface area contributed by atoms with Crippen LogP contribution >= 0.6 is 0 Å². The molecule has 0 aliphatic carbocycles. The van der Waals surface area contributed by atoms with E-state index in [-0.39, 0.29) is 5.69 Å². The van der Waals surface area contributed by atoms with Gasteiger partial charge in [-0.25, -0.2) is 14.8 Å². The topological polar surface area (TPSA) is 75.1 Å². The molecular weight excluding hydrogens is 206 g/mol. The quantitative estimate of drug-likeness (QED) is 0.818. The Morgan fingerprint density at radius 3 is 2.62 bits per heavy atom. The molecule has 0 unspecified atom stereocenters. The fraction of sp³-hybridized carbons (Fsp3) is 0. The number of hydrogen-bond acceptors (Lipinski definition) is 4. The third kappa shape index (κ3) is 2.33. The monoisotopic (exact) mass is 215 g/mol. The fourth-order valence-electron chi connectivity index (χ4n) is 1.21. The van der Waals surface area contributed by atoms with Crippen molar-refractivity contribution < 1.29 is 9.90 Å². The van der Waals surface area contributed by atoms with Crippen molar-refractivity contribution in [3.8, 4) is 0 Å². The van der Waals surface area contributed by atoms with Gasteiger partial charge in [0.1, 0.15) is 12.1 Å². The van der Waals surface area contributed by atoms with Crippen LogP contribution in [0.1, 0.15) is 10.5 Å². The number of carbonyl (C=O) groups is 1. The van der Waals surface area contributed by atoms with Crippen LogP contribution < -0.4 is 5.32 Å². The number of hydrogen-bond donors (Lipinski definition) is 2. The average Bonchev–Trinajstić information content (AvgIpc) is 2.30. The molecule has 16 heavy (non-hydrogen) atoms. The largest absolute Gasteiger partial charge is 0.477 e. The molecule has 5 nitrogen and oxygen atoms in total. The van der Waals surface area contributed by atoms with Crippen LogP contribution in [0.4, 0.5) is 11.5 Å². The summed E-state index contributed by atoms with van der Waals surface area (Å²) in [4.78, 5) is 18.2. The molecular formula is C11H9N3O2. The van der Waals surface area contributed by atoms with Crippen LogP contribution in [0.25, 0.3) is 0 Å². The van der Waals surface area contributed by atoms with Gasteiger partial charge in [0, 0.05) is 11.8 Å². The number of aromatic carboxylic acids is 1. The standard InChI is InChI=1S/C11H9N3O2/c15-11(16)9-6-10(13-7-12-9)14-8-4-2-1-3-5-8/h1-7H,(H,15,16)(H,12,13,14). The van der Waals surface area contributed by atoms with E-state index in [9.17, 15) is 4.79 Å². The van der Waals surface area contributed by atoms with Gasteiger partial charge in [0.2, 0.25) is 0 Å². The molecule has 5 heteroatoms. The molecule has 0 fully saturated rings. The minimum absolute atomic E-state index is 0.0339. The lowest BCUT2D eigenvalue weighted by Gasteiger charge is -2.04. The zero-order valence-electron chi connectivity index (χ0n) is 8.29. The first kappa shape index (κ1) is 10.1. The van der Waals surface area contributed by atoms with Gasteiger partial charge in [-0.05, 0) is 12.1 Å². The molecule has 0 radical (unpaired) electrons. The van der Waals surface area contributed by atoms with Crippen LogP contribution in [-0.4, -0.2) is 21.0 Å². The molecule has 0 atom stereocenters. The van der Waals surface area contributed by atoms with Crippen LogP contribution in [0.2, 0.25) is 0 Å². The van der Waals surface area contributed by atoms with Crippen molar-refractivity contribution in [3.05, 3.63) is 48.4 Å². The molecule has 0 spiro atoms. The van der Waals surface area contributed by atoms with E-state index < -0.39 is 5.97 Å². The minimum Gasteiger partial charge on any atom is -0.477 e. The fourth-order valence-corrected chi connectivity index (χ4v) is 1.21.